The molecule has 0 aliphatic carbocycles. The average Bonchev–Trinajstić information content (AvgIpc) is 3.30. The number of carbonyl (C=O) groups excluding carboxylic acids is 2. The molecule has 3 aromatic rings. The monoisotopic (exact) mass is 405 g/mol. The second-order valence-electron chi connectivity index (χ2n) is 7.16. The van der Waals surface area contributed by atoms with Crippen molar-refractivity contribution in [2.24, 2.45) is 0 Å². The maximum absolute atomic E-state index is 12.2. The van der Waals surface area contributed by atoms with Crippen LogP contribution in [0.5, 0.6) is 5.75 Å². The van der Waals surface area contributed by atoms with Crippen LogP contribution in [-0.2, 0) is 14.3 Å². The number of amides is 1. The van der Waals surface area contributed by atoms with Gasteiger partial charge in [-0.1, -0.05) is 30.3 Å². The first-order valence-electron chi connectivity index (χ1n) is 9.98. The highest BCUT2D eigenvalue weighted by Crippen LogP contribution is 2.19. The summed E-state index contributed by atoms with van der Waals surface area (Å²) in [5.41, 5.74) is 1.01. The Morgan fingerprint density at radius 1 is 1.00 bits per heavy atom. The van der Waals surface area contributed by atoms with Gasteiger partial charge in [0.15, 0.2) is 6.61 Å². The molecule has 0 spiro atoms. The minimum Gasteiger partial charge on any atom is -0.491 e. The lowest BCUT2D eigenvalue weighted by Gasteiger charge is -2.11. The van der Waals surface area contributed by atoms with Crippen LogP contribution < -0.4 is 10.1 Å². The van der Waals surface area contributed by atoms with Gasteiger partial charge >= 0.3 is 5.97 Å². The van der Waals surface area contributed by atoms with Gasteiger partial charge in [0.1, 0.15) is 12.4 Å². The number of nitrogens with one attached hydrogen (secondary N) is 1. The van der Waals surface area contributed by atoms with E-state index >= 15 is 0 Å². The number of carbonyl (C=O) groups is 2. The highest BCUT2D eigenvalue weighted by molar-refractivity contribution is 5.97. The predicted molar refractivity (Wildman–Crippen MR) is 114 cm³/mol. The van der Waals surface area contributed by atoms with Crippen molar-refractivity contribution in [2.45, 2.75) is 18.9 Å². The van der Waals surface area contributed by atoms with E-state index in [-0.39, 0.29) is 12.7 Å². The Labute approximate surface area is 174 Å². The van der Waals surface area contributed by atoms with Crippen molar-refractivity contribution in [1.82, 2.24) is 0 Å². The molecule has 1 saturated heterocycles. The molecule has 0 radical (unpaired) electrons. The molecule has 6 heteroatoms. The van der Waals surface area contributed by atoms with Gasteiger partial charge < -0.3 is 19.5 Å². The molecule has 0 unspecified atom stereocenters. The molecule has 30 heavy (non-hydrogen) atoms. The van der Waals surface area contributed by atoms with Crippen LogP contribution in [-0.4, -0.2) is 37.8 Å². The average molecular weight is 405 g/mol. The summed E-state index contributed by atoms with van der Waals surface area (Å²) in [5, 5.41) is 4.86. The van der Waals surface area contributed by atoms with Gasteiger partial charge in [0.2, 0.25) is 0 Å². The minimum atomic E-state index is -0.561. The molecule has 3 aromatic carbocycles. The van der Waals surface area contributed by atoms with Crippen LogP contribution in [0, 0.1) is 0 Å². The molecule has 1 amide bonds. The largest absolute Gasteiger partial charge is 0.491 e. The molecule has 1 fully saturated rings. The van der Waals surface area contributed by atoms with Crippen LogP contribution in [0.25, 0.3) is 10.8 Å². The van der Waals surface area contributed by atoms with E-state index in [1.165, 1.54) is 0 Å². The molecule has 4 rings (SSSR count). The highest BCUT2D eigenvalue weighted by Gasteiger charge is 2.16. The normalized spacial score (nSPS) is 15.7. The number of hydrogen-bond acceptors (Lipinski definition) is 5. The van der Waals surface area contributed by atoms with Gasteiger partial charge in [-0.05, 0) is 60.0 Å². The van der Waals surface area contributed by atoms with E-state index in [0.29, 0.717) is 23.6 Å². The number of esters is 1. The Bertz CT molecular complexity index is 1030. The van der Waals surface area contributed by atoms with Crippen LogP contribution in [0.15, 0.2) is 66.7 Å². The molecule has 154 valence electrons. The van der Waals surface area contributed by atoms with Crippen LogP contribution in [0.1, 0.15) is 23.2 Å². The first-order chi connectivity index (χ1) is 14.7. The molecule has 1 heterocycles. The van der Waals surface area contributed by atoms with Gasteiger partial charge in [-0.15, -0.1) is 0 Å². The maximum atomic E-state index is 12.2. The lowest BCUT2D eigenvalue weighted by Crippen LogP contribution is -2.21. The van der Waals surface area contributed by atoms with Gasteiger partial charge in [0, 0.05) is 12.3 Å². The topological polar surface area (TPSA) is 73.9 Å². The molecule has 6 nitrogen and oxygen atoms in total. The van der Waals surface area contributed by atoms with Crippen molar-refractivity contribution < 1.29 is 23.8 Å². The smallest absolute Gasteiger partial charge is 0.338 e. The van der Waals surface area contributed by atoms with Crippen molar-refractivity contribution in [3.63, 3.8) is 0 Å². The van der Waals surface area contributed by atoms with Crippen LogP contribution in [0.2, 0.25) is 0 Å². The Kier molecular flexibility index (Phi) is 6.25. The number of ether oxygens (including phenoxy) is 3. The van der Waals surface area contributed by atoms with E-state index in [2.05, 4.69) is 5.32 Å². The van der Waals surface area contributed by atoms with Crippen molar-refractivity contribution >= 4 is 28.3 Å². The Balaban J connectivity index is 1.25. The molecule has 1 atom stereocenters. The number of benzene rings is 3. The summed E-state index contributed by atoms with van der Waals surface area (Å²) in [6.45, 7) is 0.926. The SMILES string of the molecule is O=C(COC(=O)c1ccc(OC[C@@H]2CCCO2)cc1)Nc1ccc2ccccc2c1. The lowest BCUT2D eigenvalue weighted by atomic mass is 10.1. The van der Waals surface area contributed by atoms with E-state index in [1.54, 1.807) is 24.3 Å². The fourth-order valence-corrected chi connectivity index (χ4v) is 3.33. The lowest BCUT2D eigenvalue weighted by molar-refractivity contribution is -0.119. The third-order valence-electron chi connectivity index (χ3n) is 4.92. The summed E-state index contributed by atoms with van der Waals surface area (Å²) in [6.07, 6.45) is 2.20. The number of rotatable bonds is 7. The highest BCUT2D eigenvalue weighted by atomic mass is 16.5. The minimum absolute atomic E-state index is 0.135. The van der Waals surface area contributed by atoms with Crippen molar-refractivity contribution in [3.05, 3.63) is 72.3 Å². The third kappa shape index (κ3) is 5.15. The quantitative estimate of drug-likeness (QED) is 0.597. The fourth-order valence-electron chi connectivity index (χ4n) is 3.33. The van der Waals surface area contributed by atoms with Gasteiger partial charge in [0.05, 0.1) is 11.7 Å². The third-order valence-corrected chi connectivity index (χ3v) is 4.92. The zero-order chi connectivity index (χ0) is 20.8. The molecular weight excluding hydrogens is 382 g/mol. The zero-order valence-corrected chi connectivity index (χ0v) is 16.5. The summed E-state index contributed by atoms with van der Waals surface area (Å²) in [4.78, 5) is 24.3. The van der Waals surface area contributed by atoms with Crippen molar-refractivity contribution in [1.29, 1.82) is 0 Å². The Hall–Kier alpha value is -3.38. The van der Waals surface area contributed by atoms with E-state index in [4.69, 9.17) is 14.2 Å². The van der Waals surface area contributed by atoms with Gasteiger partial charge in [-0.25, -0.2) is 4.79 Å². The molecule has 0 saturated carbocycles. The number of fused-ring (bicyclic) bond motifs is 1. The Morgan fingerprint density at radius 2 is 1.80 bits per heavy atom. The summed E-state index contributed by atoms with van der Waals surface area (Å²) in [7, 11) is 0. The summed E-state index contributed by atoms with van der Waals surface area (Å²) in [5.74, 6) is -0.291. The molecular formula is C24H23NO5. The van der Waals surface area contributed by atoms with E-state index in [1.807, 2.05) is 42.5 Å². The molecule has 1 aliphatic heterocycles. The first kappa shape index (κ1) is 19.9. The molecule has 0 bridgehead atoms. The van der Waals surface area contributed by atoms with E-state index < -0.39 is 11.9 Å². The van der Waals surface area contributed by atoms with Crippen LogP contribution in [0.4, 0.5) is 5.69 Å². The molecule has 1 aliphatic rings. The van der Waals surface area contributed by atoms with Crippen molar-refractivity contribution in [3.8, 4) is 5.75 Å². The van der Waals surface area contributed by atoms with Gasteiger partial charge in [-0.3, -0.25) is 4.79 Å². The van der Waals surface area contributed by atoms with Gasteiger partial charge in [-0.2, -0.15) is 0 Å². The summed E-state index contributed by atoms with van der Waals surface area (Å²) < 4.78 is 16.3. The van der Waals surface area contributed by atoms with E-state index in [9.17, 15) is 9.59 Å². The van der Waals surface area contributed by atoms with Crippen LogP contribution >= 0.6 is 0 Å². The zero-order valence-electron chi connectivity index (χ0n) is 16.5. The summed E-state index contributed by atoms with van der Waals surface area (Å²) in [6, 6.07) is 20.2. The van der Waals surface area contributed by atoms with Gasteiger partial charge in [0.25, 0.3) is 5.91 Å². The molecule has 1 N–H and O–H groups in total. The molecule has 0 aromatic heterocycles. The Morgan fingerprint density at radius 3 is 2.57 bits per heavy atom. The fraction of sp³-hybridized carbons (Fsp3) is 0.250. The first-order valence-corrected chi connectivity index (χ1v) is 9.98. The van der Waals surface area contributed by atoms with Crippen LogP contribution in [0.3, 0.4) is 0 Å². The number of hydrogen-bond donors (Lipinski definition) is 1. The number of anilines is 1. The van der Waals surface area contributed by atoms with E-state index in [0.717, 1.165) is 30.2 Å². The second kappa shape index (κ2) is 9.41. The standard InChI is InChI=1S/C24H23NO5/c26-23(25-20-10-7-17-4-1-2-5-19(17)14-20)16-30-24(27)18-8-11-21(12-9-18)29-15-22-6-3-13-28-22/h1-2,4-5,7-12,14,22H,3,6,13,15-16H2,(H,25,26)/t22-/m0/s1. The van der Waals surface area contributed by atoms with Crippen molar-refractivity contribution in [2.75, 3.05) is 25.1 Å². The maximum Gasteiger partial charge on any atom is 0.338 e. The second-order valence-corrected chi connectivity index (χ2v) is 7.16. The summed E-state index contributed by atoms with van der Waals surface area (Å²) >= 11 is 0. The predicted octanol–water partition coefficient (Wildman–Crippen LogP) is 4.19.